The summed E-state index contributed by atoms with van der Waals surface area (Å²) in [5, 5.41) is 3.61. The Morgan fingerprint density at radius 1 is 1.27 bits per heavy atom. The molecule has 1 heterocycles. The van der Waals surface area contributed by atoms with Crippen LogP contribution in [-0.2, 0) is 9.59 Å². The van der Waals surface area contributed by atoms with Crippen molar-refractivity contribution in [3.05, 3.63) is 59.1 Å². The molecular weight excluding hydrogens is 352 g/mol. The van der Waals surface area contributed by atoms with E-state index in [1.165, 1.54) is 0 Å². The summed E-state index contributed by atoms with van der Waals surface area (Å²) in [4.78, 5) is 26.6. The lowest BCUT2D eigenvalue weighted by atomic mass is 10.1. The largest absolute Gasteiger partial charge is 0.497 e. The number of benzene rings is 2. The molecule has 0 aliphatic carbocycles. The summed E-state index contributed by atoms with van der Waals surface area (Å²) in [6.45, 7) is 2.26. The van der Waals surface area contributed by atoms with Crippen LogP contribution in [0.4, 0.5) is 5.69 Å². The minimum Gasteiger partial charge on any atom is -0.497 e. The molecule has 1 aliphatic heterocycles. The Kier molecular flexibility index (Phi) is 5.47. The van der Waals surface area contributed by atoms with Gasteiger partial charge in [-0.15, -0.1) is 0 Å². The van der Waals surface area contributed by atoms with E-state index in [0.29, 0.717) is 17.3 Å². The minimum atomic E-state index is -0.379. The van der Waals surface area contributed by atoms with Crippen molar-refractivity contribution in [1.82, 2.24) is 5.32 Å². The van der Waals surface area contributed by atoms with Crippen molar-refractivity contribution >= 4 is 29.1 Å². The van der Waals surface area contributed by atoms with Gasteiger partial charge in [-0.05, 0) is 36.8 Å². The van der Waals surface area contributed by atoms with Gasteiger partial charge in [-0.25, -0.2) is 0 Å². The van der Waals surface area contributed by atoms with Crippen LogP contribution in [0.5, 0.6) is 5.75 Å². The maximum Gasteiger partial charge on any atom is 0.227 e. The van der Waals surface area contributed by atoms with Gasteiger partial charge < -0.3 is 15.0 Å². The van der Waals surface area contributed by atoms with Gasteiger partial charge in [0.05, 0.1) is 19.1 Å². The molecule has 2 amide bonds. The van der Waals surface area contributed by atoms with Crippen molar-refractivity contribution in [2.75, 3.05) is 18.6 Å². The Labute approximate surface area is 157 Å². The second kappa shape index (κ2) is 7.79. The van der Waals surface area contributed by atoms with Crippen LogP contribution in [0.25, 0.3) is 0 Å². The molecule has 0 radical (unpaired) electrons. The Bertz CT molecular complexity index is 824. The molecule has 0 spiro atoms. The molecular formula is C20H21ClN2O3. The van der Waals surface area contributed by atoms with Crippen LogP contribution in [-0.4, -0.2) is 25.5 Å². The maximum atomic E-state index is 12.6. The third-order valence-corrected chi connectivity index (χ3v) is 4.80. The zero-order chi connectivity index (χ0) is 18.7. The third-order valence-electron chi connectivity index (χ3n) is 4.57. The number of halogens is 1. The number of nitrogens with one attached hydrogen (secondary N) is 1. The van der Waals surface area contributed by atoms with Crippen LogP contribution in [0.1, 0.15) is 24.9 Å². The van der Waals surface area contributed by atoms with Crippen LogP contribution in [0, 0.1) is 5.92 Å². The van der Waals surface area contributed by atoms with Gasteiger partial charge in [0.2, 0.25) is 11.8 Å². The molecule has 0 unspecified atom stereocenters. The zero-order valence-electron chi connectivity index (χ0n) is 14.7. The molecule has 26 heavy (non-hydrogen) atoms. The smallest absolute Gasteiger partial charge is 0.227 e. The molecule has 1 aliphatic rings. The van der Waals surface area contributed by atoms with Crippen molar-refractivity contribution in [3.63, 3.8) is 0 Å². The lowest BCUT2D eigenvalue weighted by Crippen LogP contribution is -2.34. The molecule has 0 aromatic heterocycles. The van der Waals surface area contributed by atoms with E-state index in [2.05, 4.69) is 5.32 Å². The van der Waals surface area contributed by atoms with Gasteiger partial charge in [-0.3, -0.25) is 9.59 Å². The first kappa shape index (κ1) is 18.3. The lowest BCUT2D eigenvalue weighted by Gasteiger charge is -2.19. The van der Waals surface area contributed by atoms with Gasteiger partial charge in [-0.2, -0.15) is 0 Å². The van der Waals surface area contributed by atoms with E-state index < -0.39 is 0 Å². The van der Waals surface area contributed by atoms with Crippen molar-refractivity contribution < 1.29 is 14.3 Å². The average Bonchev–Trinajstić information content (AvgIpc) is 3.03. The first-order valence-corrected chi connectivity index (χ1v) is 8.86. The van der Waals surface area contributed by atoms with Crippen molar-refractivity contribution in [1.29, 1.82) is 0 Å². The van der Waals surface area contributed by atoms with Crippen molar-refractivity contribution in [2.24, 2.45) is 5.92 Å². The van der Waals surface area contributed by atoms with Gasteiger partial charge in [0, 0.05) is 29.7 Å². The highest BCUT2D eigenvalue weighted by Crippen LogP contribution is 2.28. The number of hydrogen-bond donors (Lipinski definition) is 1. The molecule has 2 aromatic carbocycles. The second-order valence-electron chi connectivity index (χ2n) is 6.39. The highest BCUT2D eigenvalue weighted by molar-refractivity contribution is 6.30. The SMILES string of the molecule is COc1cccc(N2C[C@@H](C(=O)N[C@H](C)c3cccc(Cl)c3)CC2=O)c1. The zero-order valence-corrected chi connectivity index (χ0v) is 15.5. The van der Waals surface area contributed by atoms with E-state index in [1.54, 1.807) is 24.1 Å². The minimum absolute atomic E-state index is 0.0613. The summed E-state index contributed by atoms with van der Waals surface area (Å²) in [6.07, 6.45) is 0.200. The van der Waals surface area contributed by atoms with Gasteiger partial charge >= 0.3 is 0 Å². The fourth-order valence-electron chi connectivity index (χ4n) is 3.10. The molecule has 6 heteroatoms. The maximum absolute atomic E-state index is 12.6. The standard InChI is InChI=1S/C20H21ClN2O3/c1-13(14-5-3-6-16(21)9-14)22-20(25)15-10-19(24)23(12-15)17-7-4-8-18(11-17)26-2/h3-9,11,13,15H,10,12H2,1-2H3,(H,22,25)/t13-,15+/m1/s1. The molecule has 136 valence electrons. The Balaban J connectivity index is 1.67. The predicted molar refractivity (Wildman–Crippen MR) is 101 cm³/mol. The van der Waals surface area contributed by atoms with E-state index in [-0.39, 0.29) is 30.2 Å². The van der Waals surface area contributed by atoms with Gasteiger partial charge in [0.1, 0.15) is 5.75 Å². The first-order valence-electron chi connectivity index (χ1n) is 8.48. The van der Waals surface area contributed by atoms with Crippen LogP contribution in [0.2, 0.25) is 5.02 Å². The lowest BCUT2D eigenvalue weighted by molar-refractivity contribution is -0.126. The molecule has 0 saturated carbocycles. The molecule has 1 fully saturated rings. The van der Waals surface area contributed by atoms with Crippen LogP contribution in [0.3, 0.4) is 0 Å². The number of hydrogen-bond acceptors (Lipinski definition) is 3. The topological polar surface area (TPSA) is 58.6 Å². The van der Waals surface area contributed by atoms with Crippen LogP contribution >= 0.6 is 11.6 Å². The average molecular weight is 373 g/mol. The summed E-state index contributed by atoms with van der Waals surface area (Å²) in [6, 6.07) is 14.5. The van der Waals surface area contributed by atoms with Crippen molar-refractivity contribution in [2.45, 2.75) is 19.4 Å². The Hall–Kier alpha value is -2.53. The molecule has 2 atom stereocenters. The van der Waals surface area contributed by atoms with E-state index in [4.69, 9.17) is 16.3 Å². The van der Waals surface area contributed by atoms with E-state index >= 15 is 0 Å². The number of ether oxygens (including phenoxy) is 1. The van der Waals surface area contributed by atoms with E-state index in [0.717, 1.165) is 11.3 Å². The number of amides is 2. The molecule has 2 aromatic rings. The number of carbonyl (C=O) groups excluding carboxylic acids is 2. The summed E-state index contributed by atoms with van der Waals surface area (Å²) in [5.74, 6) is 0.109. The number of rotatable bonds is 5. The first-order chi connectivity index (χ1) is 12.5. The van der Waals surface area contributed by atoms with Gasteiger partial charge in [0.15, 0.2) is 0 Å². The number of anilines is 1. The molecule has 1 N–H and O–H groups in total. The van der Waals surface area contributed by atoms with Crippen LogP contribution < -0.4 is 15.0 Å². The number of nitrogens with zero attached hydrogens (tertiary/aromatic N) is 1. The summed E-state index contributed by atoms with van der Waals surface area (Å²) in [5.41, 5.74) is 1.67. The fourth-order valence-corrected chi connectivity index (χ4v) is 3.30. The summed E-state index contributed by atoms with van der Waals surface area (Å²) in [7, 11) is 1.58. The predicted octanol–water partition coefficient (Wildman–Crippen LogP) is 3.58. The highest BCUT2D eigenvalue weighted by atomic mass is 35.5. The Morgan fingerprint density at radius 2 is 2.04 bits per heavy atom. The highest BCUT2D eigenvalue weighted by Gasteiger charge is 2.35. The molecule has 1 saturated heterocycles. The quantitative estimate of drug-likeness (QED) is 0.872. The summed E-state index contributed by atoms with van der Waals surface area (Å²) < 4.78 is 5.21. The molecule has 5 nitrogen and oxygen atoms in total. The van der Waals surface area contributed by atoms with E-state index in [1.807, 2.05) is 43.3 Å². The molecule has 3 rings (SSSR count). The second-order valence-corrected chi connectivity index (χ2v) is 6.83. The fraction of sp³-hybridized carbons (Fsp3) is 0.300. The number of methoxy groups -OCH3 is 1. The van der Waals surface area contributed by atoms with Gasteiger partial charge in [-0.1, -0.05) is 29.8 Å². The number of carbonyl (C=O) groups is 2. The third kappa shape index (κ3) is 3.99. The Morgan fingerprint density at radius 3 is 2.77 bits per heavy atom. The monoisotopic (exact) mass is 372 g/mol. The normalized spacial score (nSPS) is 17.9. The van der Waals surface area contributed by atoms with E-state index in [9.17, 15) is 9.59 Å². The van der Waals surface area contributed by atoms with Crippen LogP contribution in [0.15, 0.2) is 48.5 Å². The van der Waals surface area contributed by atoms with Crippen molar-refractivity contribution in [3.8, 4) is 5.75 Å². The molecule has 0 bridgehead atoms. The van der Waals surface area contributed by atoms with Gasteiger partial charge in [0.25, 0.3) is 0 Å². The summed E-state index contributed by atoms with van der Waals surface area (Å²) >= 11 is 6.01.